The molecule has 7 heteroatoms. The number of nitro groups is 1. The summed E-state index contributed by atoms with van der Waals surface area (Å²) in [7, 11) is 0. The lowest BCUT2D eigenvalue weighted by Gasteiger charge is -2.28. The minimum absolute atomic E-state index is 0.185. The molecule has 0 spiro atoms. The van der Waals surface area contributed by atoms with Gasteiger partial charge in [0.05, 0.1) is 11.0 Å². The van der Waals surface area contributed by atoms with Gasteiger partial charge in [-0.3, -0.25) is 15.1 Å². The Balaban J connectivity index is 2.13. The summed E-state index contributed by atoms with van der Waals surface area (Å²) in [5.74, 6) is -0.390. The van der Waals surface area contributed by atoms with Crippen LogP contribution in [0.4, 0.5) is 5.69 Å². The molecule has 1 aliphatic heterocycles. The van der Waals surface area contributed by atoms with Gasteiger partial charge < -0.3 is 10.0 Å². The number of phenolic OH excluding ortho intramolecular Hbond substituents is 1. The Kier molecular flexibility index (Phi) is 5.14. The fourth-order valence-corrected chi connectivity index (χ4v) is 2.63. The molecule has 1 heterocycles. The van der Waals surface area contributed by atoms with Gasteiger partial charge in [0.15, 0.2) is 0 Å². The summed E-state index contributed by atoms with van der Waals surface area (Å²) in [6, 6.07) is 2.80. The van der Waals surface area contributed by atoms with Crippen molar-refractivity contribution in [2.75, 3.05) is 19.6 Å². The molecule has 21 heavy (non-hydrogen) atoms. The Hall–Kier alpha value is -1.66. The monoisotopic (exact) mass is 311 g/mol. The summed E-state index contributed by atoms with van der Waals surface area (Å²) in [5.41, 5.74) is -0.114. The number of likely N-dealkylation sites (tertiary alicyclic amines) is 1. The number of aliphatic imine (C=N–C) groups is 1. The molecule has 1 aromatic rings. The smallest absolute Gasteiger partial charge is 0.312 e. The minimum atomic E-state index is -0.654. The zero-order valence-electron chi connectivity index (χ0n) is 11.8. The van der Waals surface area contributed by atoms with Crippen LogP contribution in [0.25, 0.3) is 0 Å². The second-order valence-corrected chi connectivity index (χ2v) is 5.50. The number of nitrogens with zero attached hydrogens (tertiary/aromatic N) is 3. The Bertz CT molecular complexity index is 555. The molecule has 1 fully saturated rings. The van der Waals surface area contributed by atoms with Crippen molar-refractivity contribution in [3.05, 3.63) is 32.8 Å². The SMILES string of the molecule is CCN1CCC(N=Cc2cc(Cl)cc([N+](=O)[O-])c2O)CC1. The molecule has 2 rings (SSSR count). The van der Waals surface area contributed by atoms with Gasteiger partial charge in [-0.15, -0.1) is 0 Å². The van der Waals surface area contributed by atoms with E-state index in [-0.39, 0.29) is 22.4 Å². The predicted molar refractivity (Wildman–Crippen MR) is 82.5 cm³/mol. The van der Waals surface area contributed by atoms with Crippen LogP contribution in [0.1, 0.15) is 25.3 Å². The van der Waals surface area contributed by atoms with E-state index in [1.807, 2.05) is 0 Å². The van der Waals surface area contributed by atoms with Gasteiger partial charge in [0.2, 0.25) is 5.75 Å². The standard InChI is InChI=1S/C14H18ClN3O3/c1-2-17-5-3-12(4-6-17)16-9-10-7-11(15)8-13(14(10)19)18(20)21/h7-9,12,19H,2-6H2,1H3. The maximum atomic E-state index is 10.8. The van der Waals surface area contributed by atoms with E-state index in [1.165, 1.54) is 12.3 Å². The third-order valence-electron chi connectivity index (χ3n) is 3.71. The average Bonchev–Trinajstić information content (AvgIpc) is 2.48. The van der Waals surface area contributed by atoms with E-state index < -0.39 is 10.6 Å². The molecule has 1 N–H and O–H groups in total. The lowest BCUT2D eigenvalue weighted by molar-refractivity contribution is -0.385. The number of aromatic hydroxyl groups is 1. The van der Waals surface area contributed by atoms with E-state index in [1.54, 1.807) is 0 Å². The molecule has 0 saturated carbocycles. The van der Waals surface area contributed by atoms with Gasteiger partial charge in [-0.05, 0) is 25.5 Å². The van der Waals surface area contributed by atoms with Gasteiger partial charge in [0.1, 0.15) is 0 Å². The van der Waals surface area contributed by atoms with Gasteiger partial charge in [-0.2, -0.15) is 0 Å². The fourth-order valence-electron chi connectivity index (χ4n) is 2.41. The van der Waals surface area contributed by atoms with Crippen molar-refractivity contribution in [1.29, 1.82) is 0 Å². The van der Waals surface area contributed by atoms with Crippen molar-refractivity contribution in [2.24, 2.45) is 4.99 Å². The van der Waals surface area contributed by atoms with Crippen LogP contribution in [0.3, 0.4) is 0 Å². The molecule has 1 aliphatic rings. The van der Waals surface area contributed by atoms with E-state index in [4.69, 9.17) is 11.6 Å². The molecular formula is C14H18ClN3O3. The number of halogens is 1. The number of rotatable bonds is 4. The first kappa shape index (κ1) is 15.7. The van der Waals surface area contributed by atoms with E-state index in [2.05, 4.69) is 16.8 Å². The lowest BCUT2D eigenvalue weighted by Crippen LogP contribution is -2.35. The number of benzene rings is 1. The first-order chi connectivity index (χ1) is 10.0. The number of hydrogen-bond acceptors (Lipinski definition) is 5. The zero-order chi connectivity index (χ0) is 15.4. The highest BCUT2D eigenvalue weighted by Gasteiger charge is 2.19. The molecule has 1 aromatic carbocycles. The van der Waals surface area contributed by atoms with Gasteiger partial charge in [0, 0.05) is 36.0 Å². The largest absolute Gasteiger partial charge is 0.502 e. The summed E-state index contributed by atoms with van der Waals surface area (Å²) in [6.07, 6.45) is 3.39. The van der Waals surface area contributed by atoms with Crippen molar-refractivity contribution in [2.45, 2.75) is 25.8 Å². The fraction of sp³-hybridized carbons (Fsp3) is 0.500. The molecule has 0 bridgehead atoms. The van der Waals surface area contributed by atoms with Crippen molar-refractivity contribution < 1.29 is 10.0 Å². The summed E-state index contributed by atoms with van der Waals surface area (Å²) in [5, 5.41) is 20.9. The number of piperidine rings is 1. The Morgan fingerprint density at radius 1 is 1.52 bits per heavy atom. The van der Waals surface area contributed by atoms with Gasteiger partial charge in [-0.1, -0.05) is 18.5 Å². The van der Waals surface area contributed by atoms with Crippen LogP contribution in [0.5, 0.6) is 5.75 Å². The summed E-state index contributed by atoms with van der Waals surface area (Å²) in [4.78, 5) is 17.0. The molecule has 0 unspecified atom stereocenters. The predicted octanol–water partition coefficient (Wildman–Crippen LogP) is 2.86. The molecular weight excluding hydrogens is 294 g/mol. The third-order valence-corrected chi connectivity index (χ3v) is 3.93. The van der Waals surface area contributed by atoms with Crippen LogP contribution < -0.4 is 0 Å². The Labute approximate surface area is 128 Å². The zero-order valence-corrected chi connectivity index (χ0v) is 12.6. The second kappa shape index (κ2) is 6.87. The van der Waals surface area contributed by atoms with Gasteiger partial charge in [0.25, 0.3) is 0 Å². The normalized spacial score (nSPS) is 17.4. The average molecular weight is 312 g/mol. The highest BCUT2D eigenvalue weighted by molar-refractivity contribution is 6.31. The maximum Gasteiger partial charge on any atom is 0.312 e. The maximum absolute atomic E-state index is 10.8. The quantitative estimate of drug-likeness (QED) is 0.527. The van der Waals surface area contributed by atoms with Crippen LogP contribution in [0, 0.1) is 10.1 Å². The molecule has 114 valence electrons. The first-order valence-electron chi connectivity index (χ1n) is 6.93. The van der Waals surface area contributed by atoms with E-state index in [0.29, 0.717) is 0 Å². The highest BCUT2D eigenvalue weighted by atomic mass is 35.5. The summed E-state index contributed by atoms with van der Waals surface area (Å²) in [6.45, 7) is 5.17. The van der Waals surface area contributed by atoms with Crippen molar-refractivity contribution >= 4 is 23.5 Å². The van der Waals surface area contributed by atoms with E-state index in [0.717, 1.165) is 38.5 Å². The van der Waals surface area contributed by atoms with E-state index >= 15 is 0 Å². The van der Waals surface area contributed by atoms with Crippen LogP contribution in [-0.2, 0) is 0 Å². The molecule has 0 radical (unpaired) electrons. The Morgan fingerprint density at radius 2 is 2.19 bits per heavy atom. The molecule has 0 atom stereocenters. The molecule has 6 nitrogen and oxygen atoms in total. The highest BCUT2D eigenvalue weighted by Crippen LogP contribution is 2.32. The van der Waals surface area contributed by atoms with Gasteiger partial charge >= 0.3 is 5.69 Å². The summed E-state index contributed by atoms with van der Waals surface area (Å²) < 4.78 is 0. The molecule has 0 aromatic heterocycles. The van der Waals surface area contributed by atoms with Crippen LogP contribution in [-0.4, -0.2) is 46.8 Å². The number of hydrogen-bond donors (Lipinski definition) is 1. The van der Waals surface area contributed by atoms with Crippen LogP contribution in [0.2, 0.25) is 5.02 Å². The van der Waals surface area contributed by atoms with Crippen molar-refractivity contribution in [3.8, 4) is 5.75 Å². The van der Waals surface area contributed by atoms with E-state index in [9.17, 15) is 15.2 Å². The number of phenols is 1. The van der Waals surface area contributed by atoms with Crippen LogP contribution >= 0.6 is 11.6 Å². The molecule has 0 amide bonds. The minimum Gasteiger partial charge on any atom is -0.502 e. The molecule has 1 saturated heterocycles. The van der Waals surface area contributed by atoms with Crippen molar-refractivity contribution in [3.63, 3.8) is 0 Å². The van der Waals surface area contributed by atoms with Crippen molar-refractivity contribution in [1.82, 2.24) is 4.90 Å². The lowest BCUT2D eigenvalue weighted by atomic mass is 10.1. The molecule has 0 aliphatic carbocycles. The Morgan fingerprint density at radius 3 is 2.76 bits per heavy atom. The van der Waals surface area contributed by atoms with Crippen LogP contribution in [0.15, 0.2) is 17.1 Å². The second-order valence-electron chi connectivity index (χ2n) is 5.06. The topological polar surface area (TPSA) is 79.0 Å². The number of nitro benzene ring substituents is 1. The third kappa shape index (κ3) is 3.92. The first-order valence-corrected chi connectivity index (χ1v) is 7.31. The summed E-state index contributed by atoms with van der Waals surface area (Å²) >= 11 is 5.84. The van der Waals surface area contributed by atoms with Gasteiger partial charge in [-0.25, -0.2) is 0 Å².